The van der Waals surface area contributed by atoms with Crippen LogP contribution < -0.4 is 4.74 Å². The fourth-order valence-corrected chi connectivity index (χ4v) is 2.50. The summed E-state index contributed by atoms with van der Waals surface area (Å²) in [4.78, 5) is 0. The summed E-state index contributed by atoms with van der Waals surface area (Å²) in [6.07, 6.45) is 0. The van der Waals surface area contributed by atoms with Crippen LogP contribution in [0.3, 0.4) is 0 Å². The Morgan fingerprint density at radius 3 is 1.90 bits per heavy atom. The molecule has 0 saturated heterocycles. The lowest BCUT2D eigenvalue weighted by Crippen LogP contribution is -1.87. The van der Waals surface area contributed by atoms with Crippen LogP contribution in [0.1, 0.15) is 0 Å². The van der Waals surface area contributed by atoms with Crippen molar-refractivity contribution in [2.75, 3.05) is 0 Å². The quantitative estimate of drug-likeness (QED) is 0.532. The summed E-state index contributed by atoms with van der Waals surface area (Å²) >= 11 is 2.28. The van der Waals surface area contributed by atoms with E-state index in [2.05, 4.69) is 46.9 Å². The molecule has 3 aromatic carbocycles. The zero-order valence-electron chi connectivity index (χ0n) is 10.8. The van der Waals surface area contributed by atoms with Gasteiger partial charge in [-0.2, -0.15) is 0 Å². The lowest BCUT2D eigenvalue weighted by Gasteiger charge is -2.08. The largest absolute Gasteiger partial charge is 0.456 e. The maximum atomic E-state index is 5.89. The molecule has 0 aliphatic rings. The molecule has 0 N–H and O–H groups in total. The van der Waals surface area contributed by atoms with Gasteiger partial charge in [0.1, 0.15) is 11.5 Å². The first-order valence-corrected chi connectivity index (χ1v) is 7.49. The first kappa shape index (κ1) is 13.2. The molecule has 3 aromatic rings. The Hall–Kier alpha value is -1.81. The van der Waals surface area contributed by atoms with Crippen LogP contribution in [0.5, 0.6) is 11.5 Å². The Labute approximate surface area is 132 Å². The molecule has 0 aliphatic carbocycles. The second kappa shape index (κ2) is 6.09. The lowest BCUT2D eigenvalue weighted by molar-refractivity contribution is 0.479. The van der Waals surface area contributed by atoms with Crippen LogP contribution in [0.4, 0.5) is 0 Å². The number of rotatable bonds is 3. The molecular formula is C18H13IO. The number of hydrogen-bond acceptors (Lipinski definition) is 1. The molecule has 98 valence electrons. The van der Waals surface area contributed by atoms with E-state index in [-0.39, 0.29) is 0 Å². The van der Waals surface area contributed by atoms with Crippen LogP contribution >= 0.6 is 22.6 Å². The predicted molar refractivity (Wildman–Crippen MR) is 91.1 cm³/mol. The molecule has 0 saturated carbocycles. The molecular weight excluding hydrogens is 359 g/mol. The van der Waals surface area contributed by atoms with Gasteiger partial charge in [-0.1, -0.05) is 54.6 Å². The van der Waals surface area contributed by atoms with Crippen molar-refractivity contribution in [1.29, 1.82) is 0 Å². The van der Waals surface area contributed by atoms with Gasteiger partial charge in [0, 0.05) is 0 Å². The van der Waals surface area contributed by atoms with E-state index in [1.807, 2.05) is 54.6 Å². The highest BCUT2D eigenvalue weighted by Gasteiger charge is 2.02. The summed E-state index contributed by atoms with van der Waals surface area (Å²) in [6.45, 7) is 0. The molecule has 3 rings (SSSR count). The molecule has 0 unspecified atom stereocenters. The Bertz CT molecular complexity index is 690. The van der Waals surface area contributed by atoms with Gasteiger partial charge >= 0.3 is 0 Å². The van der Waals surface area contributed by atoms with Crippen molar-refractivity contribution < 1.29 is 4.74 Å². The molecule has 0 aliphatic heterocycles. The summed E-state index contributed by atoms with van der Waals surface area (Å²) in [7, 11) is 0. The summed E-state index contributed by atoms with van der Waals surface area (Å²) < 4.78 is 7.00. The van der Waals surface area contributed by atoms with Crippen LogP contribution in [-0.2, 0) is 0 Å². The first-order chi connectivity index (χ1) is 9.83. The van der Waals surface area contributed by atoms with Gasteiger partial charge in [0.25, 0.3) is 0 Å². The van der Waals surface area contributed by atoms with Crippen molar-refractivity contribution >= 4 is 22.6 Å². The second-order valence-electron chi connectivity index (χ2n) is 4.42. The monoisotopic (exact) mass is 372 g/mol. The van der Waals surface area contributed by atoms with Crippen molar-refractivity contribution in [1.82, 2.24) is 0 Å². The third-order valence-electron chi connectivity index (χ3n) is 3.03. The minimum atomic E-state index is 0.855. The van der Waals surface area contributed by atoms with Gasteiger partial charge in [-0.05, 0) is 58.0 Å². The number of halogens is 1. The molecule has 0 radical (unpaired) electrons. The smallest absolute Gasteiger partial charge is 0.140 e. The van der Waals surface area contributed by atoms with E-state index in [0.29, 0.717) is 0 Å². The molecule has 2 heteroatoms. The fourth-order valence-electron chi connectivity index (χ4n) is 2.00. The average Bonchev–Trinajstić information content (AvgIpc) is 2.51. The normalized spacial score (nSPS) is 10.2. The zero-order valence-corrected chi connectivity index (χ0v) is 12.9. The van der Waals surface area contributed by atoms with Gasteiger partial charge in [0.15, 0.2) is 0 Å². The third kappa shape index (κ3) is 3.02. The standard InChI is InChI=1S/C18H13IO/c19-17-8-4-5-9-18(17)20-16-12-10-15(11-13-16)14-6-2-1-3-7-14/h1-13H. The topological polar surface area (TPSA) is 9.23 Å². The summed E-state index contributed by atoms with van der Waals surface area (Å²) in [6, 6.07) is 26.5. The van der Waals surface area contributed by atoms with Crippen LogP contribution in [0.25, 0.3) is 11.1 Å². The molecule has 0 amide bonds. The van der Waals surface area contributed by atoms with Crippen LogP contribution in [-0.4, -0.2) is 0 Å². The highest BCUT2D eigenvalue weighted by Crippen LogP contribution is 2.28. The van der Waals surface area contributed by atoms with E-state index in [1.165, 1.54) is 11.1 Å². The maximum Gasteiger partial charge on any atom is 0.140 e. The van der Waals surface area contributed by atoms with E-state index >= 15 is 0 Å². The highest BCUT2D eigenvalue weighted by molar-refractivity contribution is 14.1. The lowest BCUT2D eigenvalue weighted by atomic mass is 10.1. The molecule has 0 fully saturated rings. The SMILES string of the molecule is Ic1ccccc1Oc1ccc(-c2ccccc2)cc1. The van der Waals surface area contributed by atoms with Gasteiger partial charge in [-0.25, -0.2) is 0 Å². The minimum absolute atomic E-state index is 0.855. The number of benzene rings is 3. The Balaban J connectivity index is 1.82. The van der Waals surface area contributed by atoms with Crippen LogP contribution in [0.2, 0.25) is 0 Å². The van der Waals surface area contributed by atoms with Crippen molar-refractivity contribution in [2.45, 2.75) is 0 Å². The third-order valence-corrected chi connectivity index (χ3v) is 3.92. The number of ether oxygens (including phenoxy) is 1. The number of hydrogen-bond donors (Lipinski definition) is 0. The van der Waals surface area contributed by atoms with E-state index in [0.717, 1.165) is 15.1 Å². The molecule has 20 heavy (non-hydrogen) atoms. The van der Waals surface area contributed by atoms with E-state index < -0.39 is 0 Å². The zero-order chi connectivity index (χ0) is 13.8. The van der Waals surface area contributed by atoms with Gasteiger partial charge in [-0.15, -0.1) is 0 Å². The molecule has 0 bridgehead atoms. The van der Waals surface area contributed by atoms with Gasteiger partial charge < -0.3 is 4.74 Å². The summed E-state index contributed by atoms with van der Waals surface area (Å²) in [5, 5.41) is 0. The van der Waals surface area contributed by atoms with Crippen molar-refractivity contribution in [3.05, 3.63) is 82.4 Å². The van der Waals surface area contributed by atoms with Crippen molar-refractivity contribution in [2.24, 2.45) is 0 Å². The molecule has 0 aromatic heterocycles. The Kier molecular flexibility index (Phi) is 4.02. The molecule has 0 spiro atoms. The molecule has 0 heterocycles. The average molecular weight is 372 g/mol. The minimum Gasteiger partial charge on any atom is -0.456 e. The second-order valence-corrected chi connectivity index (χ2v) is 5.59. The van der Waals surface area contributed by atoms with Gasteiger partial charge in [0.2, 0.25) is 0 Å². The highest BCUT2D eigenvalue weighted by atomic mass is 127. The fraction of sp³-hybridized carbons (Fsp3) is 0. The predicted octanol–water partition coefficient (Wildman–Crippen LogP) is 5.75. The molecule has 1 nitrogen and oxygen atoms in total. The van der Waals surface area contributed by atoms with E-state index in [4.69, 9.17) is 4.74 Å². The molecule has 0 atom stereocenters. The van der Waals surface area contributed by atoms with Crippen LogP contribution in [0.15, 0.2) is 78.9 Å². The van der Waals surface area contributed by atoms with E-state index in [9.17, 15) is 0 Å². The first-order valence-electron chi connectivity index (χ1n) is 6.41. The van der Waals surface area contributed by atoms with Gasteiger partial charge in [-0.3, -0.25) is 0 Å². The van der Waals surface area contributed by atoms with E-state index in [1.54, 1.807) is 0 Å². The van der Waals surface area contributed by atoms with Crippen LogP contribution in [0, 0.1) is 3.57 Å². The summed E-state index contributed by atoms with van der Waals surface area (Å²) in [5.41, 5.74) is 2.41. The number of para-hydroxylation sites is 1. The van der Waals surface area contributed by atoms with Gasteiger partial charge in [0.05, 0.1) is 3.57 Å². The Morgan fingerprint density at radius 2 is 1.20 bits per heavy atom. The van der Waals surface area contributed by atoms with Crippen molar-refractivity contribution in [3.8, 4) is 22.6 Å². The maximum absolute atomic E-state index is 5.89. The van der Waals surface area contributed by atoms with Crippen molar-refractivity contribution in [3.63, 3.8) is 0 Å². The summed E-state index contributed by atoms with van der Waals surface area (Å²) in [5.74, 6) is 1.74. The Morgan fingerprint density at radius 1 is 0.600 bits per heavy atom.